The van der Waals surface area contributed by atoms with E-state index >= 15 is 0 Å². The van der Waals surface area contributed by atoms with E-state index in [1.54, 1.807) is 0 Å². The van der Waals surface area contributed by atoms with Crippen LogP contribution in [0.1, 0.15) is 64.7 Å². The van der Waals surface area contributed by atoms with E-state index in [1.165, 1.54) is 38.5 Å². The number of nitrogens with one attached hydrogen (secondary N) is 1. The molecule has 1 N–H and O–H groups in total. The van der Waals surface area contributed by atoms with Crippen molar-refractivity contribution in [1.82, 2.24) is 5.32 Å². The molecule has 3 heteroatoms. The highest BCUT2D eigenvalue weighted by Crippen LogP contribution is 2.14. The van der Waals surface area contributed by atoms with Gasteiger partial charge in [-0.3, -0.25) is 4.79 Å². The summed E-state index contributed by atoms with van der Waals surface area (Å²) in [5.41, 5.74) is 0. The summed E-state index contributed by atoms with van der Waals surface area (Å²) < 4.78 is 5.26. The molecule has 0 bridgehead atoms. The average Bonchev–Trinajstić information content (AvgIpc) is 2.42. The lowest BCUT2D eigenvalue weighted by Gasteiger charge is -2.21. The van der Waals surface area contributed by atoms with Crippen LogP contribution in [0.4, 0.5) is 0 Å². The molecule has 0 spiro atoms. The Morgan fingerprint density at radius 2 is 1.67 bits per heavy atom. The first kappa shape index (κ1) is 15.5. The minimum Gasteiger partial charge on any atom is -0.381 e. The summed E-state index contributed by atoms with van der Waals surface area (Å²) in [5, 5.41) is 3.06. The summed E-state index contributed by atoms with van der Waals surface area (Å²) in [5.74, 6) is 0.438. The zero-order valence-corrected chi connectivity index (χ0v) is 11.9. The maximum atomic E-state index is 11.8. The fraction of sp³-hybridized carbons (Fsp3) is 0.933. The third kappa shape index (κ3) is 7.00. The fourth-order valence-electron chi connectivity index (χ4n) is 2.40. The summed E-state index contributed by atoms with van der Waals surface area (Å²) in [4.78, 5) is 11.8. The van der Waals surface area contributed by atoms with Crippen LogP contribution in [0.15, 0.2) is 0 Å². The summed E-state index contributed by atoms with van der Waals surface area (Å²) in [6.07, 6.45) is 10.9. The Kier molecular flexibility index (Phi) is 8.92. The molecule has 1 heterocycles. The Labute approximate surface area is 112 Å². The van der Waals surface area contributed by atoms with Crippen LogP contribution in [0.3, 0.4) is 0 Å². The minimum absolute atomic E-state index is 0.198. The molecule has 0 atom stereocenters. The van der Waals surface area contributed by atoms with E-state index in [9.17, 15) is 4.79 Å². The molecular weight excluding hydrogens is 226 g/mol. The van der Waals surface area contributed by atoms with Gasteiger partial charge in [0, 0.05) is 25.7 Å². The maximum absolute atomic E-state index is 11.8. The van der Waals surface area contributed by atoms with E-state index in [4.69, 9.17) is 4.74 Å². The summed E-state index contributed by atoms with van der Waals surface area (Å²) in [7, 11) is 0. The Hall–Kier alpha value is -0.570. The van der Waals surface area contributed by atoms with Crippen molar-refractivity contribution >= 4 is 5.91 Å². The fourth-order valence-corrected chi connectivity index (χ4v) is 2.40. The van der Waals surface area contributed by atoms with Crippen LogP contribution in [0.5, 0.6) is 0 Å². The van der Waals surface area contributed by atoms with Gasteiger partial charge in [-0.05, 0) is 19.3 Å². The van der Waals surface area contributed by atoms with Crippen molar-refractivity contribution in [2.24, 2.45) is 5.92 Å². The lowest BCUT2D eigenvalue weighted by molar-refractivity contribution is -0.127. The largest absolute Gasteiger partial charge is 0.381 e. The van der Waals surface area contributed by atoms with Crippen LogP contribution in [0.25, 0.3) is 0 Å². The van der Waals surface area contributed by atoms with Gasteiger partial charge in [0.05, 0.1) is 0 Å². The highest BCUT2D eigenvalue weighted by atomic mass is 16.5. The molecule has 1 aliphatic rings. The molecule has 0 aromatic heterocycles. The van der Waals surface area contributed by atoms with Gasteiger partial charge in [0.2, 0.25) is 5.91 Å². The zero-order valence-electron chi connectivity index (χ0n) is 11.9. The third-order valence-corrected chi connectivity index (χ3v) is 3.67. The molecule has 18 heavy (non-hydrogen) atoms. The first-order valence-corrected chi connectivity index (χ1v) is 7.70. The zero-order chi connectivity index (χ0) is 13.1. The number of amides is 1. The Balaban J connectivity index is 1.89. The smallest absolute Gasteiger partial charge is 0.223 e. The molecule has 3 nitrogen and oxygen atoms in total. The molecule has 1 fully saturated rings. The number of carbonyl (C=O) groups is 1. The van der Waals surface area contributed by atoms with Crippen molar-refractivity contribution in [1.29, 1.82) is 0 Å². The molecule has 0 saturated carbocycles. The Bertz CT molecular complexity index is 213. The van der Waals surface area contributed by atoms with Crippen molar-refractivity contribution in [3.05, 3.63) is 0 Å². The number of rotatable bonds is 9. The Morgan fingerprint density at radius 3 is 2.33 bits per heavy atom. The molecule has 0 aromatic rings. The number of unbranched alkanes of at least 4 members (excludes halogenated alkanes) is 6. The van der Waals surface area contributed by atoms with Crippen LogP contribution < -0.4 is 5.32 Å². The molecule has 1 amide bonds. The summed E-state index contributed by atoms with van der Waals surface area (Å²) >= 11 is 0. The molecule has 106 valence electrons. The number of hydrogen-bond acceptors (Lipinski definition) is 2. The number of hydrogen-bond donors (Lipinski definition) is 1. The molecule has 1 aliphatic heterocycles. The standard InChI is InChI=1S/C15H29NO2/c1-2-3-4-5-6-7-8-11-16-15(17)14-9-12-18-13-10-14/h14H,2-13H2,1H3,(H,16,17). The Morgan fingerprint density at radius 1 is 1.06 bits per heavy atom. The van der Waals surface area contributed by atoms with Crippen molar-refractivity contribution < 1.29 is 9.53 Å². The normalized spacial score (nSPS) is 16.7. The van der Waals surface area contributed by atoms with E-state index in [0.717, 1.165) is 39.0 Å². The quantitative estimate of drug-likeness (QED) is 0.642. The van der Waals surface area contributed by atoms with Gasteiger partial charge < -0.3 is 10.1 Å². The van der Waals surface area contributed by atoms with Gasteiger partial charge in [-0.1, -0.05) is 45.4 Å². The predicted molar refractivity (Wildman–Crippen MR) is 74.5 cm³/mol. The van der Waals surface area contributed by atoms with E-state index in [2.05, 4.69) is 12.2 Å². The summed E-state index contributed by atoms with van der Waals surface area (Å²) in [6.45, 7) is 4.58. The molecule has 1 saturated heterocycles. The van der Waals surface area contributed by atoms with E-state index in [0.29, 0.717) is 0 Å². The number of ether oxygens (including phenoxy) is 1. The first-order valence-electron chi connectivity index (χ1n) is 7.70. The molecular formula is C15H29NO2. The second-order valence-corrected chi connectivity index (χ2v) is 5.30. The SMILES string of the molecule is CCCCCCCCCNC(=O)C1CCOCC1. The van der Waals surface area contributed by atoms with E-state index in [1.807, 2.05) is 0 Å². The van der Waals surface area contributed by atoms with Gasteiger partial charge in [0.15, 0.2) is 0 Å². The topological polar surface area (TPSA) is 38.3 Å². The highest BCUT2D eigenvalue weighted by Gasteiger charge is 2.20. The van der Waals surface area contributed by atoms with Crippen molar-refractivity contribution in [2.45, 2.75) is 64.7 Å². The van der Waals surface area contributed by atoms with E-state index < -0.39 is 0 Å². The van der Waals surface area contributed by atoms with Gasteiger partial charge >= 0.3 is 0 Å². The molecule has 0 aromatic carbocycles. The highest BCUT2D eigenvalue weighted by molar-refractivity contribution is 5.78. The van der Waals surface area contributed by atoms with Gasteiger partial charge in [-0.2, -0.15) is 0 Å². The molecule has 0 aliphatic carbocycles. The van der Waals surface area contributed by atoms with Crippen molar-refractivity contribution in [3.8, 4) is 0 Å². The van der Waals surface area contributed by atoms with Crippen molar-refractivity contribution in [3.63, 3.8) is 0 Å². The second-order valence-electron chi connectivity index (χ2n) is 5.30. The van der Waals surface area contributed by atoms with Crippen LogP contribution in [0.2, 0.25) is 0 Å². The lowest BCUT2D eigenvalue weighted by Crippen LogP contribution is -2.34. The third-order valence-electron chi connectivity index (χ3n) is 3.67. The first-order chi connectivity index (χ1) is 8.84. The van der Waals surface area contributed by atoms with Gasteiger partial charge in [-0.25, -0.2) is 0 Å². The van der Waals surface area contributed by atoms with Gasteiger partial charge in [0.25, 0.3) is 0 Å². The lowest BCUT2D eigenvalue weighted by atomic mass is 9.99. The van der Waals surface area contributed by atoms with Gasteiger partial charge in [-0.15, -0.1) is 0 Å². The maximum Gasteiger partial charge on any atom is 0.223 e. The van der Waals surface area contributed by atoms with Crippen molar-refractivity contribution in [2.75, 3.05) is 19.8 Å². The second kappa shape index (κ2) is 10.4. The predicted octanol–water partition coefficient (Wildman–Crippen LogP) is 3.28. The average molecular weight is 255 g/mol. The van der Waals surface area contributed by atoms with Crippen LogP contribution in [0, 0.1) is 5.92 Å². The van der Waals surface area contributed by atoms with Crippen LogP contribution in [-0.2, 0) is 9.53 Å². The van der Waals surface area contributed by atoms with E-state index in [-0.39, 0.29) is 11.8 Å². The monoisotopic (exact) mass is 255 g/mol. The summed E-state index contributed by atoms with van der Waals surface area (Å²) in [6, 6.07) is 0. The molecule has 1 rings (SSSR count). The van der Waals surface area contributed by atoms with Crippen LogP contribution in [-0.4, -0.2) is 25.7 Å². The minimum atomic E-state index is 0.198. The van der Waals surface area contributed by atoms with Gasteiger partial charge in [0.1, 0.15) is 0 Å². The van der Waals surface area contributed by atoms with Crippen LogP contribution >= 0.6 is 0 Å². The molecule has 0 radical (unpaired) electrons. The molecule has 0 unspecified atom stereocenters. The number of carbonyl (C=O) groups excluding carboxylic acids is 1.